The third-order valence-corrected chi connectivity index (χ3v) is 12.8. The van der Waals surface area contributed by atoms with Crippen molar-refractivity contribution in [2.45, 2.75) is 12.8 Å². The van der Waals surface area contributed by atoms with E-state index in [0.29, 0.717) is 17.5 Å². The Bertz CT molecular complexity index is 3910. The zero-order chi connectivity index (χ0) is 42.1. The van der Waals surface area contributed by atoms with E-state index in [4.69, 9.17) is 23.8 Å². The van der Waals surface area contributed by atoms with Crippen molar-refractivity contribution in [2.75, 3.05) is 0 Å². The van der Waals surface area contributed by atoms with Crippen molar-refractivity contribution in [3.8, 4) is 56.2 Å². The topological polar surface area (TPSA) is 65.0 Å². The first-order valence-corrected chi connectivity index (χ1v) is 21.8. The highest BCUT2D eigenvalue weighted by Crippen LogP contribution is 2.42. The van der Waals surface area contributed by atoms with Gasteiger partial charge in [0.15, 0.2) is 17.5 Å². The van der Waals surface area contributed by atoms with Crippen LogP contribution in [0.5, 0.6) is 0 Å². The van der Waals surface area contributed by atoms with Crippen molar-refractivity contribution >= 4 is 71.0 Å². The van der Waals surface area contributed by atoms with Gasteiger partial charge in [0.2, 0.25) is 0 Å². The van der Waals surface area contributed by atoms with Crippen molar-refractivity contribution in [1.29, 1.82) is 0 Å². The van der Waals surface area contributed by atoms with Crippen LogP contribution >= 0.6 is 0 Å². The van der Waals surface area contributed by atoms with Gasteiger partial charge in [-0.15, -0.1) is 0 Å². The van der Waals surface area contributed by atoms with Crippen LogP contribution in [0.25, 0.3) is 127 Å². The van der Waals surface area contributed by atoms with Gasteiger partial charge in [-0.2, -0.15) is 0 Å². The first-order chi connectivity index (χ1) is 31.7. The maximum Gasteiger partial charge on any atom is 0.164 e. The molecule has 64 heavy (non-hydrogen) atoms. The number of allylic oxidation sites excluding steroid dienone is 4. The summed E-state index contributed by atoms with van der Waals surface area (Å²) in [7, 11) is 0. The van der Waals surface area contributed by atoms with Crippen LogP contribution in [0.1, 0.15) is 18.7 Å². The molecule has 1 aliphatic carbocycles. The van der Waals surface area contributed by atoms with Gasteiger partial charge >= 0.3 is 0 Å². The molecule has 0 aliphatic heterocycles. The van der Waals surface area contributed by atoms with Crippen molar-refractivity contribution in [3.63, 3.8) is 0 Å². The molecular weight excluding hydrogens is 783 g/mol. The fourth-order valence-corrected chi connectivity index (χ4v) is 9.68. The van der Waals surface area contributed by atoms with E-state index in [1.54, 1.807) is 0 Å². The van der Waals surface area contributed by atoms with E-state index in [9.17, 15) is 0 Å². The molecule has 13 rings (SSSR count). The largest absolute Gasteiger partial charge is 0.456 e. The van der Waals surface area contributed by atoms with Crippen LogP contribution in [-0.4, -0.2) is 15.0 Å². The molecule has 0 bridgehead atoms. The first-order valence-electron chi connectivity index (χ1n) is 21.8. The Balaban J connectivity index is 0.891. The molecule has 3 heterocycles. The van der Waals surface area contributed by atoms with Crippen molar-refractivity contribution in [1.82, 2.24) is 15.0 Å². The van der Waals surface area contributed by atoms with Gasteiger partial charge in [-0.1, -0.05) is 158 Å². The number of benzene rings is 9. The molecule has 12 aromatic rings. The average Bonchev–Trinajstić information content (AvgIpc) is 3.94. The van der Waals surface area contributed by atoms with Gasteiger partial charge in [0.1, 0.15) is 22.3 Å². The SMILES string of the molecule is C1=CC(c2nc(-c3ccc(-c4ccc(-c5cccc6oc7cc(-c8ccc9ccccc9c8)ccc7c56)cc4)c4ccccc34)nc(-c3cccc4oc5ccccc5c34)n2)=CCC1. The number of nitrogens with zero attached hydrogens (tertiary/aromatic N) is 3. The molecule has 3 aromatic heterocycles. The van der Waals surface area contributed by atoms with Gasteiger partial charge in [-0.25, -0.2) is 15.0 Å². The summed E-state index contributed by atoms with van der Waals surface area (Å²) in [6.45, 7) is 0. The normalized spacial score (nSPS) is 12.9. The summed E-state index contributed by atoms with van der Waals surface area (Å²) >= 11 is 0. The highest BCUT2D eigenvalue weighted by Gasteiger charge is 2.20. The van der Waals surface area contributed by atoms with E-state index in [1.807, 2.05) is 30.3 Å². The van der Waals surface area contributed by atoms with Crippen LogP contribution in [0.4, 0.5) is 0 Å². The van der Waals surface area contributed by atoms with E-state index in [0.717, 1.165) is 112 Å². The van der Waals surface area contributed by atoms with Crippen molar-refractivity contribution in [3.05, 3.63) is 206 Å². The quantitative estimate of drug-likeness (QED) is 0.167. The molecule has 0 radical (unpaired) electrons. The predicted octanol–water partition coefficient (Wildman–Crippen LogP) is 16.0. The molecule has 5 nitrogen and oxygen atoms in total. The zero-order valence-electron chi connectivity index (χ0n) is 34.6. The Labute approximate surface area is 368 Å². The molecule has 9 aromatic carbocycles. The summed E-state index contributed by atoms with van der Waals surface area (Å²) in [5, 5.41) is 8.93. The Hall–Kier alpha value is -8.41. The lowest BCUT2D eigenvalue weighted by molar-refractivity contribution is 0.668. The highest BCUT2D eigenvalue weighted by atomic mass is 16.3. The third-order valence-electron chi connectivity index (χ3n) is 12.8. The molecule has 0 atom stereocenters. The lowest BCUT2D eigenvalue weighted by Crippen LogP contribution is -2.03. The Kier molecular flexibility index (Phi) is 8.28. The van der Waals surface area contributed by atoms with Crippen LogP contribution in [0, 0.1) is 0 Å². The molecule has 1 aliphatic rings. The second-order valence-corrected chi connectivity index (χ2v) is 16.6. The van der Waals surface area contributed by atoms with Gasteiger partial charge in [0.05, 0.1) is 0 Å². The van der Waals surface area contributed by atoms with Gasteiger partial charge in [0, 0.05) is 38.2 Å². The zero-order valence-corrected chi connectivity index (χ0v) is 34.6. The number of aromatic nitrogens is 3. The van der Waals surface area contributed by atoms with Crippen LogP contribution in [0.3, 0.4) is 0 Å². The smallest absolute Gasteiger partial charge is 0.164 e. The minimum Gasteiger partial charge on any atom is -0.456 e. The Morgan fingerprint density at radius 3 is 1.70 bits per heavy atom. The number of fused-ring (bicyclic) bond motifs is 8. The minimum atomic E-state index is 0.617. The summed E-state index contributed by atoms with van der Waals surface area (Å²) in [5.41, 5.74) is 13.1. The van der Waals surface area contributed by atoms with E-state index in [1.165, 1.54) is 16.3 Å². The molecule has 300 valence electrons. The molecule has 0 fully saturated rings. The standard InChI is InChI=1S/C59H37N3O2/c1-2-13-39(14-3-1)57-60-58(62-59(61-57)50-20-11-23-53-56(50)48-18-8-9-21-51(48)63-53)47-33-32-43(45-16-6-7-17-46(45)47)37-25-27-38(28-26-37)44-19-10-22-52-55(44)49-31-30-42(35-54(49)64-52)41-29-24-36-12-4-5-15-40(36)34-41/h2,4-35H,1,3H2. The molecule has 0 saturated carbocycles. The second kappa shape index (κ2) is 14.6. The molecule has 0 N–H and O–H groups in total. The number of hydrogen-bond donors (Lipinski definition) is 0. The Morgan fingerprint density at radius 1 is 0.344 bits per heavy atom. The monoisotopic (exact) mass is 819 g/mol. The molecule has 0 spiro atoms. The Morgan fingerprint density at radius 2 is 0.906 bits per heavy atom. The van der Waals surface area contributed by atoms with Gasteiger partial charge < -0.3 is 8.83 Å². The number of rotatable bonds is 6. The van der Waals surface area contributed by atoms with E-state index >= 15 is 0 Å². The molecular formula is C59H37N3O2. The number of hydrogen-bond acceptors (Lipinski definition) is 5. The summed E-state index contributed by atoms with van der Waals surface area (Å²) < 4.78 is 12.8. The fourth-order valence-electron chi connectivity index (χ4n) is 9.68. The lowest BCUT2D eigenvalue weighted by Gasteiger charge is -2.14. The van der Waals surface area contributed by atoms with E-state index in [2.05, 4.69) is 170 Å². The molecule has 0 saturated heterocycles. The van der Waals surface area contributed by atoms with Crippen LogP contribution < -0.4 is 0 Å². The summed E-state index contributed by atoms with van der Waals surface area (Å²) in [6.07, 6.45) is 8.50. The highest BCUT2D eigenvalue weighted by molar-refractivity contribution is 6.14. The first kappa shape index (κ1) is 36.3. The van der Waals surface area contributed by atoms with Gasteiger partial charge in [-0.05, 0) is 110 Å². The summed E-state index contributed by atoms with van der Waals surface area (Å²) in [6, 6.07) is 64.1. The summed E-state index contributed by atoms with van der Waals surface area (Å²) in [5.74, 6) is 1.91. The molecule has 0 unspecified atom stereocenters. The van der Waals surface area contributed by atoms with E-state index < -0.39 is 0 Å². The lowest BCUT2D eigenvalue weighted by atomic mass is 9.92. The van der Waals surface area contributed by atoms with Crippen molar-refractivity contribution in [2.24, 2.45) is 0 Å². The number of furan rings is 2. The third kappa shape index (κ3) is 5.97. The van der Waals surface area contributed by atoms with Crippen LogP contribution in [-0.2, 0) is 0 Å². The van der Waals surface area contributed by atoms with Gasteiger partial charge in [-0.3, -0.25) is 0 Å². The maximum absolute atomic E-state index is 6.53. The van der Waals surface area contributed by atoms with E-state index in [-0.39, 0.29) is 0 Å². The van der Waals surface area contributed by atoms with Crippen LogP contribution in [0.15, 0.2) is 209 Å². The predicted molar refractivity (Wildman–Crippen MR) is 263 cm³/mol. The fraction of sp³-hybridized carbons (Fsp3) is 0.0339. The van der Waals surface area contributed by atoms with Crippen molar-refractivity contribution < 1.29 is 8.83 Å². The maximum atomic E-state index is 6.53. The second-order valence-electron chi connectivity index (χ2n) is 16.6. The molecule has 0 amide bonds. The summed E-state index contributed by atoms with van der Waals surface area (Å²) in [4.78, 5) is 15.6. The minimum absolute atomic E-state index is 0.617. The average molecular weight is 820 g/mol. The van der Waals surface area contributed by atoms with Crippen LogP contribution in [0.2, 0.25) is 0 Å². The van der Waals surface area contributed by atoms with Gasteiger partial charge in [0.25, 0.3) is 0 Å². The number of para-hydroxylation sites is 1. The molecule has 5 heteroatoms.